The Bertz CT molecular complexity index is 3310. The molecule has 0 aliphatic heterocycles. The van der Waals surface area contributed by atoms with Crippen LogP contribution in [0.2, 0.25) is 0 Å². The summed E-state index contributed by atoms with van der Waals surface area (Å²) < 4.78 is 41.4. The van der Waals surface area contributed by atoms with Gasteiger partial charge in [0, 0.05) is 70.7 Å². The van der Waals surface area contributed by atoms with Crippen LogP contribution < -0.4 is 10.5 Å². The molecule has 6 nitrogen and oxygen atoms in total. The zero-order valence-corrected chi connectivity index (χ0v) is 31.6. The predicted molar refractivity (Wildman–Crippen MR) is 231 cm³/mol. The monoisotopic (exact) mass is 754 g/mol. The zero-order valence-electron chi connectivity index (χ0n) is 31.6. The molecule has 11 aromatic rings. The maximum atomic E-state index is 14.8. The van der Waals surface area contributed by atoms with Gasteiger partial charge in [-0.25, -0.2) is 8.78 Å². The fourth-order valence-electron chi connectivity index (χ4n) is 8.14. The van der Waals surface area contributed by atoms with Gasteiger partial charge in [-0.05, 0) is 90.8 Å². The van der Waals surface area contributed by atoms with E-state index in [9.17, 15) is 13.7 Å². The molecule has 0 atom stereocenters. The van der Waals surface area contributed by atoms with E-state index >= 15 is 0 Å². The van der Waals surface area contributed by atoms with Crippen molar-refractivity contribution in [1.29, 1.82) is 0 Å². The van der Waals surface area contributed by atoms with Crippen LogP contribution in [0, 0.1) is 16.5 Å². The Hall–Kier alpha value is -7.06. The summed E-state index contributed by atoms with van der Waals surface area (Å²) in [6.07, 6.45) is 0. The number of methoxy groups -OCH3 is 1. The number of anilines is 1. The molecule has 0 bridgehead atoms. The summed E-state index contributed by atoms with van der Waals surface area (Å²) in [6.45, 7) is 5.28. The average Bonchev–Trinajstić information content (AvgIpc) is 3.58. The lowest BCUT2D eigenvalue weighted by Gasteiger charge is -2.18. The highest BCUT2D eigenvalue weighted by Crippen LogP contribution is 2.46. The largest absolute Gasteiger partial charge is 0.495 e. The molecule has 0 fully saturated rings. The van der Waals surface area contributed by atoms with E-state index in [0.29, 0.717) is 16.5 Å². The topological polar surface area (TPSA) is 87.0 Å². The molecule has 0 spiro atoms. The third-order valence-electron chi connectivity index (χ3n) is 10.5. The van der Waals surface area contributed by atoms with Gasteiger partial charge < -0.3 is 19.7 Å². The molecule has 1 heterocycles. The van der Waals surface area contributed by atoms with E-state index < -0.39 is 5.60 Å². The fourth-order valence-corrected chi connectivity index (χ4v) is 8.14. The standard InChI is InChI=1S/C23H16FNO.C22H11FO.C4H9NO2/c1-26-23-17-10-9-13-5-4-7-16-19(24)12-14(22(17)21(13)16)11-18(23)15-6-2-3-8-20(15)25;23-18-11-13-10-17-14-5-1-2-7-19(14)24-22(17)16-9-8-12-4-3-6-15(18)20(12)21(13)16;1-4(2,3)7-5-6/h2-12H,25H2,1H3;1-11H;1-3H3. The lowest BCUT2D eigenvalue weighted by atomic mass is 9.90. The van der Waals surface area contributed by atoms with E-state index in [1.165, 1.54) is 0 Å². The Morgan fingerprint density at radius 2 is 1.12 bits per heavy atom. The molecule has 2 N–H and O–H groups in total. The van der Waals surface area contributed by atoms with Gasteiger partial charge in [0.2, 0.25) is 0 Å². The smallest absolute Gasteiger partial charge is 0.155 e. The number of nitrogen functional groups attached to an aromatic ring is 1. The first kappa shape index (κ1) is 35.6. The second-order valence-corrected chi connectivity index (χ2v) is 15.1. The molecule has 0 amide bonds. The van der Waals surface area contributed by atoms with E-state index in [0.717, 1.165) is 92.7 Å². The number of nitrogens with zero attached hydrogens (tertiary/aromatic N) is 1. The number of rotatable bonds is 3. The lowest BCUT2D eigenvalue weighted by Crippen LogP contribution is -2.14. The van der Waals surface area contributed by atoms with Crippen LogP contribution in [0.25, 0.3) is 97.7 Å². The third kappa shape index (κ3) is 5.92. The summed E-state index contributed by atoms with van der Waals surface area (Å²) in [5.74, 6) is 0.370. The Balaban J connectivity index is 0.000000128. The highest BCUT2D eigenvalue weighted by Gasteiger charge is 2.20. The fraction of sp³-hybridized carbons (Fsp3) is 0.102. The van der Waals surface area contributed by atoms with Crippen molar-refractivity contribution in [3.05, 3.63) is 150 Å². The average molecular weight is 755 g/mol. The van der Waals surface area contributed by atoms with Gasteiger partial charge in [0.25, 0.3) is 0 Å². The van der Waals surface area contributed by atoms with Gasteiger partial charge in [-0.1, -0.05) is 84.9 Å². The highest BCUT2D eigenvalue weighted by molar-refractivity contribution is 6.30. The molecule has 57 heavy (non-hydrogen) atoms. The molecule has 0 unspecified atom stereocenters. The Labute approximate surface area is 325 Å². The van der Waals surface area contributed by atoms with Crippen molar-refractivity contribution < 1.29 is 22.8 Å². The number of para-hydroxylation sites is 2. The molecule has 10 aromatic carbocycles. The number of hydrogen-bond donors (Lipinski definition) is 1. The van der Waals surface area contributed by atoms with Crippen LogP contribution >= 0.6 is 0 Å². The summed E-state index contributed by atoms with van der Waals surface area (Å²) >= 11 is 0. The molecule has 1 aromatic heterocycles. The molecule has 11 rings (SSSR count). The van der Waals surface area contributed by atoms with Gasteiger partial charge in [-0.15, -0.1) is 4.91 Å². The first-order valence-electron chi connectivity index (χ1n) is 18.5. The van der Waals surface area contributed by atoms with Gasteiger partial charge in [0.15, 0.2) is 5.34 Å². The van der Waals surface area contributed by atoms with E-state index in [1.54, 1.807) is 40.0 Å². The normalized spacial score (nSPS) is 11.8. The van der Waals surface area contributed by atoms with Gasteiger partial charge in [-0.3, -0.25) is 0 Å². The Morgan fingerprint density at radius 1 is 0.561 bits per heavy atom. The van der Waals surface area contributed by atoms with Crippen LogP contribution in [-0.4, -0.2) is 12.7 Å². The van der Waals surface area contributed by atoms with Crippen molar-refractivity contribution in [1.82, 2.24) is 0 Å². The number of benzene rings is 10. The Morgan fingerprint density at radius 3 is 1.74 bits per heavy atom. The van der Waals surface area contributed by atoms with Crippen molar-refractivity contribution in [2.75, 3.05) is 12.8 Å². The first-order valence-corrected chi connectivity index (χ1v) is 18.5. The second-order valence-electron chi connectivity index (χ2n) is 15.1. The van der Waals surface area contributed by atoms with Crippen LogP contribution in [-0.2, 0) is 4.84 Å². The molecule has 0 aliphatic carbocycles. The predicted octanol–water partition coefficient (Wildman–Crippen LogP) is 14.1. The van der Waals surface area contributed by atoms with Crippen molar-refractivity contribution in [3.63, 3.8) is 0 Å². The highest BCUT2D eigenvalue weighted by atomic mass is 19.1. The number of halogens is 2. The van der Waals surface area contributed by atoms with Crippen molar-refractivity contribution in [2.45, 2.75) is 26.4 Å². The van der Waals surface area contributed by atoms with Crippen LogP contribution in [0.5, 0.6) is 5.75 Å². The summed E-state index contributed by atoms with van der Waals surface area (Å²) in [4.78, 5) is 13.6. The van der Waals surface area contributed by atoms with Crippen LogP contribution in [0.15, 0.2) is 143 Å². The van der Waals surface area contributed by atoms with Gasteiger partial charge >= 0.3 is 0 Å². The summed E-state index contributed by atoms with van der Waals surface area (Å²) in [7, 11) is 1.66. The molecule has 0 aliphatic rings. The molecule has 0 saturated carbocycles. The number of ether oxygens (including phenoxy) is 1. The number of fused-ring (bicyclic) bond motifs is 4. The van der Waals surface area contributed by atoms with E-state index in [1.807, 2.05) is 97.1 Å². The molecular weight excluding hydrogens is 719 g/mol. The van der Waals surface area contributed by atoms with E-state index in [-0.39, 0.29) is 11.6 Å². The minimum Gasteiger partial charge on any atom is -0.495 e. The van der Waals surface area contributed by atoms with Crippen LogP contribution in [0.4, 0.5) is 14.5 Å². The lowest BCUT2D eigenvalue weighted by molar-refractivity contribution is -0.00230. The minimum atomic E-state index is -0.429. The first-order chi connectivity index (χ1) is 27.6. The number of nitrogens with two attached hydrogens (primary N) is 1. The number of furan rings is 1. The van der Waals surface area contributed by atoms with E-state index in [4.69, 9.17) is 14.9 Å². The molecule has 0 saturated heterocycles. The molecular formula is C49H36F2N2O4. The van der Waals surface area contributed by atoms with E-state index in [2.05, 4.69) is 34.4 Å². The summed E-state index contributed by atoms with van der Waals surface area (Å²) in [5.41, 5.74) is 9.93. The number of hydrogen-bond acceptors (Lipinski definition) is 6. The van der Waals surface area contributed by atoms with Crippen LogP contribution in [0.3, 0.4) is 0 Å². The van der Waals surface area contributed by atoms with Crippen LogP contribution in [0.1, 0.15) is 20.8 Å². The van der Waals surface area contributed by atoms with Crippen molar-refractivity contribution in [3.8, 4) is 16.9 Å². The zero-order chi connectivity index (χ0) is 39.6. The summed E-state index contributed by atoms with van der Waals surface area (Å²) in [5, 5.41) is 15.5. The quantitative estimate of drug-likeness (QED) is 0.0840. The minimum absolute atomic E-state index is 0.173. The Kier molecular flexibility index (Phi) is 8.50. The van der Waals surface area contributed by atoms with Crippen molar-refractivity contribution >= 4 is 92.3 Å². The second kappa shape index (κ2) is 13.6. The van der Waals surface area contributed by atoms with Gasteiger partial charge in [0.05, 0.1) is 7.11 Å². The third-order valence-corrected chi connectivity index (χ3v) is 10.5. The van der Waals surface area contributed by atoms with Gasteiger partial charge in [0.1, 0.15) is 34.2 Å². The van der Waals surface area contributed by atoms with Crippen molar-refractivity contribution in [2.24, 2.45) is 5.34 Å². The maximum absolute atomic E-state index is 14.8. The SMILES string of the molecule is CC(C)(C)ON=O.COc1c(-c2ccccc2N)cc2cc(F)c3cccc4ccc1c2c43.Fc1cc2cc3c4ccccc4oc3c3ccc4cccc1c4c23. The maximum Gasteiger partial charge on any atom is 0.155 e. The van der Waals surface area contributed by atoms with Gasteiger partial charge in [-0.2, -0.15) is 0 Å². The molecule has 8 heteroatoms. The summed E-state index contributed by atoms with van der Waals surface area (Å²) in [6, 6.07) is 42.6. The molecule has 0 radical (unpaired) electrons. The molecule has 280 valence electrons.